The molecular weight excluding hydrogens is 349 g/mol. The van der Waals surface area contributed by atoms with Crippen LogP contribution in [0.25, 0.3) is 0 Å². The van der Waals surface area contributed by atoms with E-state index < -0.39 is 27.7 Å². The first kappa shape index (κ1) is 18.7. The second-order valence-corrected chi connectivity index (χ2v) is 7.29. The highest BCUT2D eigenvalue weighted by Crippen LogP contribution is 2.29. The summed E-state index contributed by atoms with van der Waals surface area (Å²) in [5, 5.41) is 2.38. The Hall–Kier alpha value is -1.65. The van der Waals surface area contributed by atoms with E-state index >= 15 is 0 Å². The molecule has 0 atom stereocenters. The van der Waals surface area contributed by atoms with E-state index in [1.54, 1.807) is 0 Å². The summed E-state index contributed by atoms with van der Waals surface area (Å²) in [6.07, 6.45) is -4.73. The minimum Gasteiger partial charge on any atom is -0.379 e. The molecule has 1 N–H and O–H groups in total. The average molecular weight is 366 g/mol. The maximum absolute atomic E-state index is 12.4. The fourth-order valence-corrected chi connectivity index (χ4v) is 3.55. The Labute approximate surface area is 137 Å². The number of amides is 1. The number of benzene rings is 1. The predicted molar refractivity (Wildman–Crippen MR) is 80.9 cm³/mol. The van der Waals surface area contributed by atoms with Crippen LogP contribution in [-0.4, -0.2) is 50.7 Å². The molecule has 134 valence electrons. The maximum Gasteiger partial charge on any atom is 0.416 e. The number of carbonyl (C=O) groups is 1. The number of ether oxygens (including phenoxy) is 1. The smallest absolute Gasteiger partial charge is 0.379 e. The van der Waals surface area contributed by atoms with E-state index in [1.807, 2.05) is 0 Å². The second-order valence-electron chi connectivity index (χ2n) is 5.20. The predicted octanol–water partition coefficient (Wildman–Crippen LogP) is 1.70. The molecule has 24 heavy (non-hydrogen) atoms. The fourth-order valence-electron chi connectivity index (χ4n) is 2.14. The molecular formula is C14H17F3N2O4S. The number of rotatable bonds is 5. The zero-order valence-electron chi connectivity index (χ0n) is 12.7. The molecule has 1 heterocycles. The van der Waals surface area contributed by atoms with Gasteiger partial charge in [-0.15, -0.1) is 0 Å². The van der Waals surface area contributed by atoms with Gasteiger partial charge in [-0.25, -0.2) is 8.42 Å². The third kappa shape index (κ3) is 5.18. The molecule has 1 aromatic carbocycles. The number of sulfonamides is 1. The number of nitrogens with one attached hydrogen (secondary N) is 1. The minimum atomic E-state index is -4.45. The summed E-state index contributed by atoms with van der Waals surface area (Å²) in [5.74, 6) is -0.939. The summed E-state index contributed by atoms with van der Waals surface area (Å²) in [7, 11) is -3.55. The van der Waals surface area contributed by atoms with Gasteiger partial charge in [0.05, 0.1) is 24.5 Å². The van der Waals surface area contributed by atoms with Gasteiger partial charge in [0.15, 0.2) is 0 Å². The molecule has 1 aliphatic heterocycles. The number of carbonyl (C=O) groups excluding carboxylic acids is 1. The van der Waals surface area contributed by atoms with Crippen LogP contribution in [0, 0.1) is 0 Å². The number of morpholine rings is 1. The van der Waals surface area contributed by atoms with Crippen molar-refractivity contribution < 1.29 is 31.1 Å². The van der Waals surface area contributed by atoms with Crippen LogP contribution < -0.4 is 5.32 Å². The molecule has 0 aromatic heterocycles. The van der Waals surface area contributed by atoms with E-state index in [2.05, 4.69) is 5.32 Å². The normalized spacial score (nSPS) is 16.8. The van der Waals surface area contributed by atoms with Crippen molar-refractivity contribution in [3.05, 3.63) is 29.8 Å². The zero-order chi connectivity index (χ0) is 17.8. The lowest BCUT2D eigenvalue weighted by Gasteiger charge is -2.25. The number of halogens is 3. The number of nitrogens with zero attached hydrogens (tertiary/aromatic N) is 1. The Kier molecular flexibility index (Phi) is 5.83. The molecule has 0 saturated carbocycles. The van der Waals surface area contributed by atoms with Crippen LogP contribution in [0.5, 0.6) is 0 Å². The second kappa shape index (κ2) is 7.49. The van der Waals surface area contributed by atoms with Crippen molar-refractivity contribution in [2.45, 2.75) is 12.6 Å². The van der Waals surface area contributed by atoms with Crippen LogP contribution in [0.1, 0.15) is 12.0 Å². The van der Waals surface area contributed by atoms with E-state index in [4.69, 9.17) is 4.74 Å². The summed E-state index contributed by atoms with van der Waals surface area (Å²) in [5.41, 5.74) is -0.646. The van der Waals surface area contributed by atoms with Crippen molar-refractivity contribution in [3.63, 3.8) is 0 Å². The summed E-state index contributed by atoms with van der Waals surface area (Å²) >= 11 is 0. The molecule has 0 bridgehead atoms. The standard InChI is InChI=1S/C14H17F3N2O4S/c15-14(16,17)11-1-3-12(4-2-11)18-13(20)5-10-24(21,22)19-6-8-23-9-7-19/h1-4H,5-10H2,(H,18,20). The van der Waals surface area contributed by atoms with Crippen LogP contribution in [-0.2, 0) is 25.7 Å². The molecule has 0 radical (unpaired) electrons. The average Bonchev–Trinajstić information content (AvgIpc) is 2.54. The first-order valence-corrected chi connectivity index (χ1v) is 8.82. The number of anilines is 1. The quantitative estimate of drug-likeness (QED) is 0.861. The van der Waals surface area contributed by atoms with E-state index in [-0.39, 0.29) is 31.0 Å². The van der Waals surface area contributed by atoms with Crippen molar-refractivity contribution in [2.24, 2.45) is 0 Å². The highest BCUT2D eigenvalue weighted by atomic mass is 32.2. The molecule has 0 unspecified atom stereocenters. The summed E-state index contributed by atoms with van der Waals surface area (Å²) in [6.45, 7) is 1.14. The summed E-state index contributed by atoms with van der Waals surface area (Å²) < 4.78 is 67.8. The van der Waals surface area contributed by atoms with Gasteiger partial charge in [-0.1, -0.05) is 0 Å². The van der Waals surface area contributed by atoms with Gasteiger partial charge < -0.3 is 10.1 Å². The van der Waals surface area contributed by atoms with E-state index in [9.17, 15) is 26.4 Å². The largest absolute Gasteiger partial charge is 0.416 e. The third-order valence-electron chi connectivity index (χ3n) is 3.45. The number of hydrogen-bond donors (Lipinski definition) is 1. The lowest BCUT2D eigenvalue weighted by Crippen LogP contribution is -2.42. The van der Waals surface area contributed by atoms with E-state index in [0.29, 0.717) is 13.2 Å². The van der Waals surface area contributed by atoms with Crippen LogP contribution in [0.15, 0.2) is 24.3 Å². The molecule has 0 spiro atoms. The van der Waals surface area contributed by atoms with Crippen molar-refractivity contribution >= 4 is 21.6 Å². The summed E-state index contributed by atoms with van der Waals surface area (Å²) in [6, 6.07) is 3.94. The highest BCUT2D eigenvalue weighted by molar-refractivity contribution is 7.89. The van der Waals surface area contributed by atoms with Gasteiger partial charge in [0, 0.05) is 25.2 Å². The van der Waals surface area contributed by atoms with E-state index in [0.717, 1.165) is 24.3 Å². The first-order chi connectivity index (χ1) is 11.2. The van der Waals surface area contributed by atoms with Gasteiger partial charge in [-0.2, -0.15) is 17.5 Å². The van der Waals surface area contributed by atoms with Crippen molar-refractivity contribution in [3.8, 4) is 0 Å². The lowest BCUT2D eigenvalue weighted by atomic mass is 10.2. The van der Waals surface area contributed by atoms with Gasteiger partial charge in [-0.3, -0.25) is 4.79 Å². The Balaban J connectivity index is 1.87. The molecule has 0 aliphatic carbocycles. The minimum absolute atomic E-state index is 0.178. The SMILES string of the molecule is O=C(CCS(=O)(=O)N1CCOCC1)Nc1ccc(C(F)(F)F)cc1. The zero-order valence-corrected chi connectivity index (χ0v) is 13.5. The van der Waals surface area contributed by atoms with E-state index in [1.165, 1.54) is 4.31 Å². The Morgan fingerprint density at radius 3 is 2.29 bits per heavy atom. The van der Waals surface area contributed by atoms with Crippen LogP contribution >= 0.6 is 0 Å². The Bertz CT molecular complexity index is 668. The van der Waals surface area contributed by atoms with Crippen molar-refractivity contribution in [1.29, 1.82) is 0 Å². The molecule has 1 aliphatic rings. The van der Waals surface area contributed by atoms with Gasteiger partial charge in [0.2, 0.25) is 15.9 Å². The Morgan fingerprint density at radius 2 is 1.75 bits per heavy atom. The third-order valence-corrected chi connectivity index (χ3v) is 5.32. The maximum atomic E-state index is 12.4. The Morgan fingerprint density at radius 1 is 1.17 bits per heavy atom. The van der Waals surface area contributed by atoms with Crippen LogP contribution in [0.4, 0.5) is 18.9 Å². The van der Waals surface area contributed by atoms with Crippen molar-refractivity contribution in [2.75, 3.05) is 37.4 Å². The first-order valence-electron chi connectivity index (χ1n) is 7.21. The monoisotopic (exact) mass is 366 g/mol. The van der Waals surface area contributed by atoms with Crippen LogP contribution in [0.2, 0.25) is 0 Å². The lowest BCUT2D eigenvalue weighted by molar-refractivity contribution is -0.137. The molecule has 1 saturated heterocycles. The van der Waals surface area contributed by atoms with Crippen LogP contribution in [0.3, 0.4) is 0 Å². The summed E-state index contributed by atoms with van der Waals surface area (Å²) in [4.78, 5) is 11.8. The molecule has 10 heteroatoms. The molecule has 2 rings (SSSR count). The number of hydrogen-bond acceptors (Lipinski definition) is 4. The highest BCUT2D eigenvalue weighted by Gasteiger charge is 2.30. The topological polar surface area (TPSA) is 75.7 Å². The fraction of sp³-hybridized carbons (Fsp3) is 0.500. The van der Waals surface area contributed by atoms with Gasteiger partial charge >= 0.3 is 6.18 Å². The van der Waals surface area contributed by atoms with Crippen molar-refractivity contribution in [1.82, 2.24) is 4.31 Å². The van der Waals surface area contributed by atoms with Gasteiger partial charge in [0.1, 0.15) is 0 Å². The number of alkyl halides is 3. The molecule has 6 nitrogen and oxygen atoms in total. The van der Waals surface area contributed by atoms with Gasteiger partial charge in [0.25, 0.3) is 0 Å². The molecule has 1 fully saturated rings. The molecule has 1 amide bonds. The molecule has 1 aromatic rings. The van der Waals surface area contributed by atoms with Gasteiger partial charge in [-0.05, 0) is 24.3 Å².